The largest absolute Gasteiger partial charge is 0.491 e. The summed E-state index contributed by atoms with van der Waals surface area (Å²) >= 11 is 0. The van der Waals surface area contributed by atoms with E-state index in [2.05, 4.69) is 31.0 Å². The molecule has 0 saturated carbocycles. The first-order valence-corrected chi connectivity index (χ1v) is 14.4. The first-order chi connectivity index (χ1) is 19.9. The zero-order valence-electron chi connectivity index (χ0n) is 24.4. The number of unbranched alkanes of at least 4 members (excludes halogenated alkanes) is 1. The fourth-order valence-corrected chi connectivity index (χ4v) is 4.12. The van der Waals surface area contributed by atoms with Gasteiger partial charge in [0.1, 0.15) is 24.7 Å². The van der Waals surface area contributed by atoms with Crippen LogP contribution in [0.4, 0.5) is 5.69 Å². The number of rotatable bonds is 17. The highest BCUT2D eigenvalue weighted by molar-refractivity contribution is 5.97. The van der Waals surface area contributed by atoms with Gasteiger partial charge in [-0.05, 0) is 67.4 Å². The Bertz CT molecular complexity index is 1210. The molecule has 3 aromatic rings. The summed E-state index contributed by atoms with van der Waals surface area (Å²) in [7, 11) is 0. The monoisotopic (exact) mass is 561 g/mol. The molecule has 3 rings (SSSR count). The Balaban J connectivity index is 1.58. The van der Waals surface area contributed by atoms with E-state index in [0.29, 0.717) is 49.8 Å². The minimum absolute atomic E-state index is 0.306. The summed E-state index contributed by atoms with van der Waals surface area (Å²) in [5.41, 5.74) is 9.10. The number of nitrogens with zero attached hydrogens (tertiary/aromatic N) is 1. The number of carbonyl (C=O) groups is 2. The summed E-state index contributed by atoms with van der Waals surface area (Å²) < 4.78 is 17.2. The average Bonchev–Trinajstić information content (AvgIpc) is 3.00. The van der Waals surface area contributed by atoms with Crippen molar-refractivity contribution >= 4 is 17.6 Å². The molecule has 3 aromatic carbocycles. The van der Waals surface area contributed by atoms with E-state index in [4.69, 9.17) is 19.9 Å². The van der Waals surface area contributed by atoms with Crippen LogP contribution in [-0.4, -0.2) is 55.7 Å². The molecular weight excluding hydrogens is 518 g/mol. The lowest BCUT2D eigenvalue weighted by atomic mass is 10.1. The number of nitrogens with two attached hydrogens (primary N) is 1. The number of carbonyl (C=O) groups excluding carboxylic acids is 2. The molecule has 0 bridgehead atoms. The van der Waals surface area contributed by atoms with E-state index in [1.807, 2.05) is 54.6 Å². The van der Waals surface area contributed by atoms with Crippen molar-refractivity contribution in [3.63, 3.8) is 0 Å². The lowest BCUT2D eigenvalue weighted by Crippen LogP contribution is -2.37. The predicted molar refractivity (Wildman–Crippen MR) is 162 cm³/mol. The van der Waals surface area contributed by atoms with Crippen LogP contribution in [0.1, 0.15) is 55.1 Å². The molecule has 1 unspecified atom stereocenters. The summed E-state index contributed by atoms with van der Waals surface area (Å²) in [6, 6.07) is 21.7. The van der Waals surface area contributed by atoms with Crippen molar-refractivity contribution in [3.8, 4) is 11.5 Å². The van der Waals surface area contributed by atoms with Crippen molar-refractivity contribution in [2.75, 3.05) is 38.2 Å². The van der Waals surface area contributed by atoms with Crippen LogP contribution in [0, 0.1) is 0 Å². The minimum atomic E-state index is -0.778. The van der Waals surface area contributed by atoms with Crippen LogP contribution in [-0.2, 0) is 22.6 Å². The highest BCUT2D eigenvalue weighted by atomic mass is 16.5. The van der Waals surface area contributed by atoms with E-state index in [0.717, 1.165) is 42.8 Å². The van der Waals surface area contributed by atoms with Crippen molar-refractivity contribution < 1.29 is 23.8 Å². The molecule has 1 amide bonds. The van der Waals surface area contributed by atoms with Gasteiger partial charge in [0.15, 0.2) is 0 Å². The molecule has 0 aliphatic rings. The molecule has 1 atom stereocenters. The number of nitrogens with one attached hydrogen (secondary N) is 1. The van der Waals surface area contributed by atoms with E-state index in [1.54, 1.807) is 18.2 Å². The molecule has 8 nitrogen and oxygen atoms in total. The number of amides is 1. The smallest absolute Gasteiger partial charge is 0.338 e. The Kier molecular flexibility index (Phi) is 13.2. The summed E-state index contributed by atoms with van der Waals surface area (Å²) in [4.78, 5) is 27.8. The maximum atomic E-state index is 13.0. The first-order valence-electron chi connectivity index (χ1n) is 14.4. The van der Waals surface area contributed by atoms with Crippen molar-refractivity contribution in [2.45, 2.75) is 52.7 Å². The molecule has 41 heavy (non-hydrogen) atoms. The standard InChI is InChI=1S/C33H43N3O5/c1-4-7-20-39-31-23-27(33(38)40-21-19-36(5-2)6-3)15-18-30(31)35-32(37)29(34)22-25-13-16-28(17-14-25)41-24-26-11-9-8-10-12-26/h8-18,23,29H,4-7,19-22,24,34H2,1-3H3,(H,35,37). The zero-order chi connectivity index (χ0) is 29.5. The van der Waals surface area contributed by atoms with Crippen LogP contribution in [0.5, 0.6) is 11.5 Å². The number of likely N-dealkylation sites (N-methyl/N-ethyl adjacent to an activating group) is 1. The quantitative estimate of drug-likeness (QED) is 0.167. The van der Waals surface area contributed by atoms with Crippen molar-refractivity contribution in [1.29, 1.82) is 0 Å². The van der Waals surface area contributed by atoms with E-state index >= 15 is 0 Å². The second-order valence-corrected chi connectivity index (χ2v) is 9.79. The molecule has 0 aliphatic heterocycles. The van der Waals surface area contributed by atoms with Gasteiger partial charge in [0.25, 0.3) is 0 Å². The summed E-state index contributed by atoms with van der Waals surface area (Å²) in [6.07, 6.45) is 2.15. The van der Waals surface area contributed by atoms with Gasteiger partial charge < -0.3 is 30.2 Å². The van der Waals surface area contributed by atoms with Crippen LogP contribution in [0.2, 0.25) is 0 Å². The second kappa shape index (κ2) is 17.0. The van der Waals surface area contributed by atoms with Gasteiger partial charge >= 0.3 is 5.97 Å². The number of hydrogen-bond donors (Lipinski definition) is 2. The number of benzene rings is 3. The van der Waals surface area contributed by atoms with Gasteiger partial charge in [-0.25, -0.2) is 4.79 Å². The molecule has 0 saturated heterocycles. The minimum Gasteiger partial charge on any atom is -0.491 e. The van der Waals surface area contributed by atoms with Gasteiger partial charge in [-0.1, -0.05) is 69.7 Å². The molecule has 0 heterocycles. The Morgan fingerprint density at radius 1 is 0.878 bits per heavy atom. The number of hydrogen-bond acceptors (Lipinski definition) is 7. The van der Waals surface area contributed by atoms with Gasteiger partial charge in [0.05, 0.1) is 23.9 Å². The highest BCUT2D eigenvalue weighted by Gasteiger charge is 2.18. The third kappa shape index (κ3) is 10.6. The summed E-state index contributed by atoms with van der Waals surface area (Å²) in [5.74, 6) is 0.390. The fourth-order valence-electron chi connectivity index (χ4n) is 4.12. The normalized spacial score (nSPS) is 11.6. The average molecular weight is 562 g/mol. The third-order valence-electron chi connectivity index (χ3n) is 6.73. The molecule has 0 aromatic heterocycles. The van der Waals surface area contributed by atoms with E-state index < -0.39 is 12.0 Å². The lowest BCUT2D eigenvalue weighted by Gasteiger charge is -2.18. The van der Waals surface area contributed by atoms with E-state index in [-0.39, 0.29) is 5.91 Å². The summed E-state index contributed by atoms with van der Waals surface area (Å²) in [5, 5.41) is 2.87. The highest BCUT2D eigenvalue weighted by Crippen LogP contribution is 2.27. The molecule has 0 aliphatic carbocycles. The maximum Gasteiger partial charge on any atom is 0.338 e. The predicted octanol–water partition coefficient (Wildman–Crippen LogP) is 5.45. The van der Waals surface area contributed by atoms with Gasteiger partial charge in [-0.3, -0.25) is 4.79 Å². The first kappa shape index (κ1) is 31.6. The van der Waals surface area contributed by atoms with E-state index in [1.165, 1.54) is 0 Å². The number of anilines is 1. The topological polar surface area (TPSA) is 103 Å². The molecular formula is C33H43N3O5. The Hall–Kier alpha value is -3.88. The Morgan fingerprint density at radius 3 is 2.29 bits per heavy atom. The van der Waals surface area contributed by atoms with E-state index in [9.17, 15) is 9.59 Å². The van der Waals surface area contributed by atoms with Crippen LogP contribution < -0.4 is 20.5 Å². The van der Waals surface area contributed by atoms with Crippen molar-refractivity contribution in [1.82, 2.24) is 4.90 Å². The number of esters is 1. The Morgan fingerprint density at radius 2 is 1.61 bits per heavy atom. The third-order valence-corrected chi connectivity index (χ3v) is 6.73. The van der Waals surface area contributed by atoms with Crippen LogP contribution >= 0.6 is 0 Å². The van der Waals surface area contributed by atoms with Crippen LogP contribution in [0.15, 0.2) is 72.8 Å². The molecule has 0 radical (unpaired) electrons. The van der Waals surface area contributed by atoms with Gasteiger partial charge in [-0.2, -0.15) is 0 Å². The second-order valence-electron chi connectivity index (χ2n) is 9.79. The van der Waals surface area contributed by atoms with Gasteiger partial charge in [0.2, 0.25) is 5.91 Å². The maximum absolute atomic E-state index is 13.0. The molecule has 0 spiro atoms. The van der Waals surface area contributed by atoms with Gasteiger partial charge in [0, 0.05) is 6.54 Å². The van der Waals surface area contributed by atoms with Crippen LogP contribution in [0.3, 0.4) is 0 Å². The zero-order valence-corrected chi connectivity index (χ0v) is 24.4. The lowest BCUT2D eigenvalue weighted by molar-refractivity contribution is -0.117. The van der Waals surface area contributed by atoms with Gasteiger partial charge in [-0.15, -0.1) is 0 Å². The fraction of sp³-hybridized carbons (Fsp3) is 0.394. The summed E-state index contributed by atoms with van der Waals surface area (Å²) in [6.45, 7) is 9.93. The SMILES string of the molecule is CCCCOc1cc(C(=O)OCCN(CC)CC)ccc1NC(=O)C(N)Cc1ccc(OCc2ccccc2)cc1. The number of ether oxygens (including phenoxy) is 3. The van der Waals surface area contributed by atoms with Crippen molar-refractivity contribution in [2.24, 2.45) is 5.73 Å². The Labute approximate surface area is 243 Å². The molecule has 8 heteroatoms. The molecule has 220 valence electrons. The van der Waals surface area contributed by atoms with Crippen LogP contribution in [0.25, 0.3) is 0 Å². The molecule has 3 N–H and O–H groups in total. The van der Waals surface area contributed by atoms with Crippen molar-refractivity contribution in [3.05, 3.63) is 89.5 Å². The molecule has 0 fully saturated rings.